The molecule has 100 valence electrons. The minimum absolute atomic E-state index is 0.125. The van der Waals surface area contributed by atoms with Crippen LogP contribution in [-0.4, -0.2) is 22.9 Å². The van der Waals surface area contributed by atoms with E-state index in [-0.39, 0.29) is 17.9 Å². The third kappa shape index (κ3) is 3.12. The molecule has 0 aliphatic heterocycles. The van der Waals surface area contributed by atoms with Gasteiger partial charge in [0.2, 0.25) is 5.91 Å². The maximum Gasteiger partial charge on any atom is 0.240 e. The van der Waals surface area contributed by atoms with E-state index in [0.717, 1.165) is 25.8 Å². The van der Waals surface area contributed by atoms with Gasteiger partial charge in [0.15, 0.2) is 0 Å². The van der Waals surface area contributed by atoms with E-state index < -0.39 is 0 Å². The molecular formula is C14H22N2OS. The molecule has 1 saturated carbocycles. The van der Waals surface area contributed by atoms with Gasteiger partial charge in [0.25, 0.3) is 0 Å². The van der Waals surface area contributed by atoms with Crippen LogP contribution in [-0.2, 0) is 11.3 Å². The highest BCUT2D eigenvalue weighted by Crippen LogP contribution is 2.30. The van der Waals surface area contributed by atoms with Crippen molar-refractivity contribution in [2.45, 2.75) is 51.7 Å². The first-order valence-corrected chi connectivity index (χ1v) is 7.60. The highest BCUT2D eigenvalue weighted by Gasteiger charge is 2.35. The Bertz CT molecular complexity index is 387. The van der Waals surface area contributed by atoms with Crippen molar-refractivity contribution in [3.05, 3.63) is 22.4 Å². The van der Waals surface area contributed by atoms with Crippen LogP contribution in [0.5, 0.6) is 0 Å². The summed E-state index contributed by atoms with van der Waals surface area (Å²) >= 11 is 1.71. The van der Waals surface area contributed by atoms with Gasteiger partial charge in [0.05, 0.1) is 12.6 Å². The fraction of sp³-hybridized carbons (Fsp3) is 0.643. The van der Waals surface area contributed by atoms with Crippen molar-refractivity contribution in [2.75, 3.05) is 0 Å². The molecule has 1 aromatic heterocycles. The highest BCUT2D eigenvalue weighted by atomic mass is 32.1. The van der Waals surface area contributed by atoms with Gasteiger partial charge < -0.3 is 10.6 Å². The van der Waals surface area contributed by atoms with Gasteiger partial charge in [-0.25, -0.2) is 0 Å². The quantitative estimate of drug-likeness (QED) is 0.860. The monoisotopic (exact) mass is 266 g/mol. The number of nitrogens with zero attached hydrogens (tertiary/aromatic N) is 1. The van der Waals surface area contributed by atoms with E-state index in [9.17, 15) is 4.79 Å². The zero-order chi connectivity index (χ0) is 13.1. The second kappa shape index (κ2) is 5.85. The van der Waals surface area contributed by atoms with Gasteiger partial charge in [-0.05, 0) is 30.2 Å². The van der Waals surface area contributed by atoms with Crippen LogP contribution in [0.25, 0.3) is 0 Å². The van der Waals surface area contributed by atoms with Gasteiger partial charge in [0.1, 0.15) is 0 Å². The van der Waals surface area contributed by atoms with Crippen LogP contribution < -0.4 is 5.73 Å². The van der Waals surface area contributed by atoms with Crippen LogP contribution in [0.1, 0.15) is 38.0 Å². The van der Waals surface area contributed by atoms with Gasteiger partial charge in [-0.1, -0.05) is 26.3 Å². The van der Waals surface area contributed by atoms with E-state index in [1.165, 1.54) is 4.88 Å². The number of rotatable bonds is 6. The molecular weight excluding hydrogens is 244 g/mol. The van der Waals surface area contributed by atoms with Crippen LogP contribution in [0.2, 0.25) is 0 Å². The molecule has 1 aliphatic carbocycles. The molecule has 2 atom stereocenters. The Hall–Kier alpha value is -0.870. The Morgan fingerprint density at radius 2 is 2.33 bits per heavy atom. The van der Waals surface area contributed by atoms with Gasteiger partial charge in [-0.3, -0.25) is 4.79 Å². The fourth-order valence-electron chi connectivity index (χ4n) is 2.03. The van der Waals surface area contributed by atoms with Crippen molar-refractivity contribution >= 4 is 17.2 Å². The van der Waals surface area contributed by atoms with E-state index in [4.69, 9.17) is 5.73 Å². The van der Waals surface area contributed by atoms with E-state index in [0.29, 0.717) is 6.04 Å². The maximum atomic E-state index is 12.5. The molecule has 2 N–H and O–H groups in total. The molecule has 1 aliphatic rings. The topological polar surface area (TPSA) is 46.3 Å². The first-order chi connectivity index (χ1) is 8.63. The fourth-order valence-corrected chi connectivity index (χ4v) is 2.74. The van der Waals surface area contributed by atoms with Crippen LogP contribution in [0.3, 0.4) is 0 Å². The molecule has 1 amide bonds. The summed E-state index contributed by atoms with van der Waals surface area (Å²) in [5.74, 6) is 0.377. The second-order valence-corrected chi connectivity index (χ2v) is 6.22. The molecule has 1 aromatic rings. The first kappa shape index (κ1) is 13.6. The highest BCUT2D eigenvalue weighted by molar-refractivity contribution is 7.09. The molecule has 0 radical (unpaired) electrons. The Morgan fingerprint density at radius 3 is 2.83 bits per heavy atom. The maximum absolute atomic E-state index is 12.5. The lowest BCUT2D eigenvalue weighted by molar-refractivity contribution is -0.134. The third-order valence-corrected chi connectivity index (χ3v) is 4.58. The van der Waals surface area contributed by atoms with Gasteiger partial charge >= 0.3 is 0 Å². The van der Waals surface area contributed by atoms with E-state index in [1.807, 2.05) is 11.0 Å². The van der Waals surface area contributed by atoms with E-state index >= 15 is 0 Å². The Kier molecular flexibility index (Phi) is 4.40. The van der Waals surface area contributed by atoms with E-state index in [1.54, 1.807) is 11.3 Å². The minimum atomic E-state index is -0.351. The average Bonchev–Trinajstić information content (AvgIpc) is 3.10. The molecule has 2 unspecified atom stereocenters. The predicted molar refractivity (Wildman–Crippen MR) is 75.3 cm³/mol. The van der Waals surface area contributed by atoms with Crippen molar-refractivity contribution < 1.29 is 4.79 Å². The molecule has 1 heterocycles. The number of amides is 1. The lowest BCUT2D eigenvalue weighted by Crippen LogP contribution is -2.47. The van der Waals surface area contributed by atoms with Gasteiger partial charge in [-0.2, -0.15) is 0 Å². The zero-order valence-electron chi connectivity index (χ0n) is 11.1. The molecule has 0 spiro atoms. The number of hydrogen-bond donors (Lipinski definition) is 1. The Morgan fingerprint density at radius 1 is 1.61 bits per heavy atom. The molecule has 0 bridgehead atoms. The largest absolute Gasteiger partial charge is 0.333 e. The molecule has 1 fully saturated rings. The van der Waals surface area contributed by atoms with Crippen molar-refractivity contribution in [2.24, 2.45) is 11.7 Å². The molecule has 18 heavy (non-hydrogen) atoms. The van der Waals surface area contributed by atoms with Crippen LogP contribution in [0.15, 0.2) is 17.5 Å². The molecule has 2 rings (SSSR count). The number of carbonyl (C=O) groups excluding carboxylic acids is 1. The SMILES string of the molecule is CCC(C)C(N)C(=O)N(Cc1cccs1)C1CC1. The summed E-state index contributed by atoms with van der Waals surface area (Å²) in [7, 11) is 0. The van der Waals surface area contributed by atoms with Crippen molar-refractivity contribution in [3.63, 3.8) is 0 Å². The Labute approximate surface area is 113 Å². The van der Waals surface area contributed by atoms with Crippen molar-refractivity contribution in [1.29, 1.82) is 0 Å². The van der Waals surface area contributed by atoms with Crippen LogP contribution in [0, 0.1) is 5.92 Å². The summed E-state index contributed by atoms with van der Waals surface area (Å²) in [4.78, 5) is 15.7. The summed E-state index contributed by atoms with van der Waals surface area (Å²) in [6.07, 6.45) is 3.21. The summed E-state index contributed by atoms with van der Waals surface area (Å²) in [6, 6.07) is 4.19. The predicted octanol–water partition coefficient (Wildman–Crippen LogP) is 2.61. The smallest absolute Gasteiger partial charge is 0.240 e. The summed E-state index contributed by atoms with van der Waals surface area (Å²) in [6.45, 7) is 4.86. The molecule has 3 nitrogen and oxygen atoms in total. The first-order valence-electron chi connectivity index (χ1n) is 6.72. The van der Waals surface area contributed by atoms with Gasteiger partial charge in [-0.15, -0.1) is 11.3 Å². The standard InChI is InChI=1S/C14H22N2OS/c1-3-10(2)13(15)14(17)16(11-6-7-11)9-12-5-4-8-18-12/h4-5,8,10-11,13H,3,6-7,9,15H2,1-2H3. The second-order valence-electron chi connectivity index (χ2n) is 5.19. The normalized spacial score (nSPS) is 18.4. The van der Waals surface area contributed by atoms with Gasteiger partial charge in [0, 0.05) is 10.9 Å². The summed E-state index contributed by atoms with van der Waals surface area (Å²) in [5.41, 5.74) is 6.08. The van der Waals surface area contributed by atoms with Crippen LogP contribution in [0.4, 0.5) is 0 Å². The van der Waals surface area contributed by atoms with Crippen molar-refractivity contribution in [1.82, 2.24) is 4.90 Å². The minimum Gasteiger partial charge on any atom is -0.333 e. The summed E-state index contributed by atoms with van der Waals surface area (Å²) < 4.78 is 0. The third-order valence-electron chi connectivity index (χ3n) is 3.72. The van der Waals surface area contributed by atoms with E-state index in [2.05, 4.69) is 25.3 Å². The Balaban J connectivity index is 2.03. The van der Waals surface area contributed by atoms with Crippen molar-refractivity contribution in [3.8, 4) is 0 Å². The molecule has 4 heteroatoms. The summed E-state index contributed by atoms with van der Waals surface area (Å²) in [5, 5.41) is 2.06. The number of hydrogen-bond acceptors (Lipinski definition) is 3. The van der Waals surface area contributed by atoms with Crippen LogP contribution >= 0.6 is 11.3 Å². The average molecular weight is 266 g/mol. The molecule has 0 saturated heterocycles. The lowest BCUT2D eigenvalue weighted by Gasteiger charge is -2.27. The zero-order valence-corrected chi connectivity index (χ0v) is 12.0. The number of nitrogens with two attached hydrogens (primary N) is 1. The lowest BCUT2D eigenvalue weighted by atomic mass is 9.99. The number of thiophene rings is 1. The number of carbonyl (C=O) groups is 1. The molecule has 0 aromatic carbocycles.